The molecular formula is C15H16N2O3S. The van der Waals surface area contributed by atoms with E-state index in [2.05, 4.69) is 10.2 Å². The van der Waals surface area contributed by atoms with Gasteiger partial charge in [0.2, 0.25) is 5.89 Å². The van der Waals surface area contributed by atoms with Gasteiger partial charge in [-0.1, -0.05) is 18.2 Å². The molecule has 1 heterocycles. The highest BCUT2D eigenvalue weighted by molar-refractivity contribution is 8.00. The van der Waals surface area contributed by atoms with E-state index in [0.717, 1.165) is 30.6 Å². The second-order valence-corrected chi connectivity index (χ2v) is 6.07. The molecule has 0 radical (unpaired) electrons. The van der Waals surface area contributed by atoms with Crippen molar-refractivity contribution < 1.29 is 13.9 Å². The molecule has 0 amide bonds. The van der Waals surface area contributed by atoms with E-state index in [1.807, 2.05) is 24.3 Å². The van der Waals surface area contributed by atoms with Crippen molar-refractivity contribution in [2.45, 2.75) is 36.2 Å². The van der Waals surface area contributed by atoms with E-state index in [9.17, 15) is 4.79 Å². The third-order valence-corrected chi connectivity index (χ3v) is 4.63. The van der Waals surface area contributed by atoms with Crippen molar-refractivity contribution in [3.05, 3.63) is 24.3 Å². The van der Waals surface area contributed by atoms with Crippen LogP contribution in [-0.2, 0) is 4.79 Å². The van der Waals surface area contributed by atoms with Gasteiger partial charge in [0.05, 0.1) is 12.4 Å². The Bertz CT molecular complexity index is 624. The molecule has 0 saturated heterocycles. The average molecular weight is 304 g/mol. The Kier molecular flexibility index (Phi) is 4.24. The summed E-state index contributed by atoms with van der Waals surface area (Å²) in [6.07, 6.45) is 3.64. The molecule has 1 aliphatic carbocycles. The minimum absolute atomic E-state index is 0.0390. The zero-order valence-electron chi connectivity index (χ0n) is 11.7. The van der Waals surface area contributed by atoms with Crippen molar-refractivity contribution in [2.75, 3.05) is 7.11 Å². The lowest BCUT2D eigenvalue weighted by molar-refractivity contribution is -0.119. The minimum Gasteiger partial charge on any atom is -0.497 e. The quantitative estimate of drug-likeness (QED) is 0.863. The lowest BCUT2D eigenvalue weighted by atomic mass is 9.99. The lowest BCUT2D eigenvalue weighted by Gasteiger charge is -2.17. The van der Waals surface area contributed by atoms with Gasteiger partial charge in [0.25, 0.3) is 5.22 Å². The molecule has 0 spiro atoms. The summed E-state index contributed by atoms with van der Waals surface area (Å²) in [7, 11) is 1.62. The Morgan fingerprint density at radius 2 is 2.05 bits per heavy atom. The third kappa shape index (κ3) is 3.26. The first-order chi connectivity index (χ1) is 10.3. The molecule has 5 nitrogen and oxygen atoms in total. The van der Waals surface area contributed by atoms with Gasteiger partial charge in [-0.2, -0.15) is 0 Å². The first kappa shape index (κ1) is 14.1. The van der Waals surface area contributed by atoms with Crippen LogP contribution in [0.4, 0.5) is 0 Å². The van der Waals surface area contributed by atoms with Crippen LogP contribution in [0.15, 0.2) is 33.9 Å². The molecule has 1 unspecified atom stereocenters. The fourth-order valence-corrected chi connectivity index (χ4v) is 3.30. The summed E-state index contributed by atoms with van der Waals surface area (Å²) in [5.41, 5.74) is 0.838. The number of hydrogen-bond acceptors (Lipinski definition) is 6. The van der Waals surface area contributed by atoms with Gasteiger partial charge in [0.1, 0.15) is 11.5 Å². The highest BCUT2D eigenvalue weighted by Crippen LogP contribution is 2.32. The maximum atomic E-state index is 11.8. The monoisotopic (exact) mass is 304 g/mol. The molecule has 3 rings (SSSR count). The molecule has 1 aliphatic rings. The second-order valence-electron chi connectivity index (χ2n) is 4.92. The number of Topliss-reactive ketones (excluding diaryl/α,β-unsaturated/α-hetero) is 1. The Balaban J connectivity index is 1.71. The van der Waals surface area contributed by atoms with Gasteiger partial charge in [-0.05, 0) is 37.1 Å². The Labute approximate surface area is 127 Å². The average Bonchev–Trinajstić information content (AvgIpc) is 2.98. The number of ketones is 1. The summed E-state index contributed by atoms with van der Waals surface area (Å²) in [5.74, 6) is 1.53. The van der Waals surface area contributed by atoms with Crippen molar-refractivity contribution in [1.29, 1.82) is 0 Å². The molecule has 6 heteroatoms. The van der Waals surface area contributed by atoms with Crippen LogP contribution in [0, 0.1) is 0 Å². The van der Waals surface area contributed by atoms with Crippen LogP contribution in [0.1, 0.15) is 25.7 Å². The zero-order chi connectivity index (χ0) is 14.7. The van der Waals surface area contributed by atoms with Crippen LogP contribution in [0.25, 0.3) is 11.5 Å². The standard InChI is InChI=1S/C15H16N2O3S/c1-19-11-8-6-10(7-9-11)14-16-17-15(20-14)21-13-5-3-2-4-12(13)18/h6-9,13H,2-5H2,1H3. The normalized spacial score (nSPS) is 18.7. The smallest absolute Gasteiger partial charge is 0.277 e. The van der Waals surface area contributed by atoms with Crippen molar-refractivity contribution in [3.8, 4) is 17.2 Å². The van der Waals surface area contributed by atoms with Crippen molar-refractivity contribution in [2.24, 2.45) is 0 Å². The van der Waals surface area contributed by atoms with E-state index in [-0.39, 0.29) is 11.0 Å². The molecule has 1 aromatic carbocycles. The summed E-state index contributed by atoms with van der Waals surface area (Å²) >= 11 is 1.38. The number of ether oxygens (including phenoxy) is 1. The summed E-state index contributed by atoms with van der Waals surface area (Å²) in [6.45, 7) is 0. The van der Waals surface area contributed by atoms with Crippen LogP contribution >= 0.6 is 11.8 Å². The van der Waals surface area contributed by atoms with Gasteiger partial charge in [-0.3, -0.25) is 4.79 Å². The molecular weight excluding hydrogens is 288 g/mol. The molecule has 0 aliphatic heterocycles. The van der Waals surface area contributed by atoms with E-state index in [4.69, 9.17) is 9.15 Å². The van der Waals surface area contributed by atoms with E-state index >= 15 is 0 Å². The largest absolute Gasteiger partial charge is 0.497 e. The first-order valence-electron chi connectivity index (χ1n) is 6.93. The maximum absolute atomic E-state index is 11.8. The molecule has 1 fully saturated rings. The fourth-order valence-electron chi connectivity index (χ4n) is 2.30. The molecule has 0 bridgehead atoms. The summed E-state index contributed by atoms with van der Waals surface area (Å²) in [6, 6.07) is 7.42. The highest BCUT2D eigenvalue weighted by Gasteiger charge is 2.25. The number of hydrogen-bond donors (Lipinski definition) is 0. The van der Waals surface area contributed by atoms with Gasteiger partial charge >= 0.3 is 0 Å². The van der Waals surface area contributed by atoms with Gasteiger partial charge in [-0.25, -0.2) is 0 Å². The molecule has 2 aromatic rings. The molecule has 1 atom stereocenters. The molecule has 21 heavy (non-hydrogen) atoms. The molecule has 110 valence electrons. The predicted octanol–water partition coefficient (Wildman–Crippen LogP) is 3.35. The Hall–Kier alpha value is -1.82. The number of carbonyl (C=O) groups is 1. The number of methoxy groups -OCH3 is 1. The number of nitrogens with zero attached hydrogens (tertiary/aromatic N) is 2. The van der Waals surface area contributed by atoms with Crippen LogP contribution in [0.2, 0.25) is 0 Å². The molecule has 1 aromatic heterocycles. The maximum Gasteiger partial charge on any atom is 0.277 e. The summed E-state index contributed by atoms with van der Waals surface area (Å²) in [5, 5.41) is 8.49. The van der Waals surface area contributed by atoms with Gasteiger partial charge in [0, 0.05) is 12.0 Å². The SMILES string of the molecule is COc1ccc(-c2nnc(SC3CCCCC3=O)o2)cc1. The Morgan fingerprint density at radius 3 is 2.76 bits per heavy atom. The second kappa shape index (κ2) is 6.30. The predicted molar refractivity (Wildman–Crippen MR) is 79.4 cm³/mol. The van der Waals surface area contributed by atoms with Crippen molar-refractivity contribution in [3.63, 3.8) is 0 Å². The van der Waals surface area contributed by atoms with Crippen LogP contribution < -0.4 is 4.74 Å². The third-order valence-electron chi connectivity index (χ3n) is 3.49. The number of aromatic nitrogens is 2. The molecule has 0 N–H and O–H groups in total. The number of benzene rings is 1. The van der Waals surface area contributed by atoms with Gasteiger partial charge in [-0.15, -0.1) is 10.2 Å². The molecule has 1 saturated carbocycles. The number of rotatable bonds is 4. The zero-order valence-corrected chi connectivity index (χ0v) is 12.6. The highest BCUT2D eigenvalue weighted by atomic mass is 32.2. The van der Waals surface area contributed by atoms with E-state index in [1.165, 1.54) is 11.8 Å². The van der Waals surface area contributed by atoms with Gasteiger partial charge in [0.15, 0.2) is 0 Å². The fraction of sp³-hybridized carbons (Fsp3) is 0.400. The topological polar surface area (TPSA) is 65.2 Å². The van der Waals surface area contributed by atoms with Crippen LogP contribution in [-0.4, -0.2) is 28.3 Å². The Morgan fingerprint density at radius 1 is 1.24 bits per heavy atom. The van der Waals surface area contributed by atoms with Crippen molar-refractivity contribution in [1.82, 2.24) is 10.2 Å². The summed E-state index contributed by atoms with van der Waals surface area (Å²) in [4.78, 5) is 11.8. The first-order valence-corrected chi connectivity index (χ1v) is 7.81. The van der Waals surface area contributed by atoms with Crippen LogP contribution in [0.5, 0.6) is 5.75 Å². The number of carbonyl (C=O) groups excluding carboxylic acids is 1. The van der Waals surface area contributed by atoms with E-state index in [1.54, 1.807) is 7.11 Å². The lowest BCUT2D eigenvalue weighted by Crippen LogP contribution is -2.21. The van der Waals surface area contributed by atoms with E-state index in [0.29, 0.717) is 17.5 Å². The van der Waals surface area contributed by atoms with Gasteiger partial charge < -0.3 is 9.15 Å². The van der Waals surface area contributed by atoms with Crippen molar-refractivity contribution >= 4 is 17.5 Å². The van der Waals surface area contributed by atoms with Crippen LogP contribution in [0.3, 0.4) is 0 Å². The summed E-state index contributed by atoms with van der Waals surface area (Å²) < 4.78 is 10.8. The van der Waals surface area contributed by atoms with E-state index < -0.39 is 0 Å². The number of thioether (sulfide) groups is 1. The minimum atomic E-state index is -0.0390.